The standard InChI is InChI=1S/C13H20N2O4S/c1-4-10-5-6-11(9-12(10)13(16)17)20(18,19)15(3)8-7-14-2/h5-6,9,14H,4,7-8H2,1-3H3,(H,16,17). The minimum Gasteiger partial charge on any atom is -0.478 e. The molecule has 0 bridgehead atoms. The third kappa shape index (κ3) is 3.56. The molecule has 0 saturated heterocycles. The van der Waals surface area contributed by atoms with Crippen LogP contribution in [-0.4, -0.2) is 51.0 Å². The Bertz CT molecular complexity index is 584. The Hall–Kier alpha value is -1.44. The van der Waals surface area contributed by atoms with Crippen molar-refractivity contribution in [3.8, 4) is 0 Å². The minimum atomic E-state index is -3.66. The number of hydrogen-bond acceptors (Lipinski definition) is 4. The van der Waals surface area contributed by atoms with Gasteiger partial charge in [-0.05, 0) is 31.2 Å². The van der Waals surface area contributed by atoms with Gasteiger partial charge < -0.3 is 10.4 Å². The molecule has 0 atom stereocenters. The lowest BCUT2D eigenvalue weighted by atomic mass is 10.1. The molecule has 112 valence electrons. The maximum Gasteiger partial charge on any atom is 0.336 e. The number of rotatable bonds is 7. The number of carboxylic acids is 1. The highest BCUT2D eigenvalue weighted by Gasteiger charge is 2.22. The topological polar surface area (TPSA) is 86.7 Å². The SMILES string of the molecule is CCc1ccc(S(=O)(=O)N(C)CCNC)cc1C(=O)O. The highest BCUT2D eigenvalue weighted by atomic mass is 32.2. The fourth-order valence-corrected chi connectivity index (χ4v) is 2.99. The van der Waals surface area contributed by atoms with Gasteiger partial charge >= 0.3 is 5.97 Å². The monoisotopic (exact) mass is 300 g/mol. The van der Waals surface area contributed by atoms with Gasteiger partial charge in [-0.25, -0.2) is 13.2 Å². The van der Waals surface area contributed by atoms with Crippen molar-refractivity contribution in [1.82, 2.24) is 9.62 Å². The molecule has 1 rings (SSSR count). The van der Waals surface area contributed by atoms with E-state index in [1.165, 1.54) is 23.5 Å². The Morgan fingerprint density at radius 1 is 1.40 bits per heavy atom. The van der Waals surface area contributed by atoms with Crippen molar-refractivity contribution in [3.05, 3.63) is 29.3 Å². The summed E-state index contributed by atoms with van der Waals surface area (Å²) in [4.78, 5) is 11.2. The van der Waals surface area contributed by atoms with Crippen LogP contribution in [0.25, 0.3) is 0 Å². The van der Waals surface area contributed by atoms with E-state index in [-0.39, 0.29) is 10.5 Å². The Kier molecular flexibility index (Phi) is 5.67. The van der Waals surface area contributed by atoms with E-state index in [0.717, 1.165) is 0 Å². The van der Waals surface area contributed by atoms with Crippen molar-refractivity contribution >= 4 is 16.0 Å². The van der Waals surface area contributed by atoms with Gasteiger partial charge in [-0.1, -0.05) is 13.0 Å². The Balaban J connectivity index is 3.19. The van der Waals surface area contributed by atoms with Crippen molar-refractivity contribution in [3.63, 3.8) is 0 Å². The van der Waals surface area contributed by atoms with E-state index in [1.807, 2.05) is 6.92 Å². The lowest BCUT2D eigenvalue weighted by molar-refractivity contribution is 0.0695. The molecule has 1 aromatic carbocycles. The summed E-state index contributed by atoms with van der Waals surface area (Å²) >= 11 is 0. The molecule has 0 spiro atoms. The van der Waals surface area contributed by atoms with E-state index in [0.29, 0.717) is 25.1 Å². The fourth-order valence-electron chi connectivity index (χ4n) is 1.79. The maximum atomic E-state index is 12.3. The number of nitrogens with zero attached hydrogens (tertiary/aromatic N) is 1. The number of benzene rings is 1. The van der Waals surface area contributed by atoms with Crippen LogP contribution >= 0.6 is 0 Å². The molecule has 20 heavy (non-hydrogen) atoms. The molecule has 0 radical (unpaired) electrons. The predicted molar refractivity (Wildman–Crippen MR) is 76.5 cm³/mol. The molecule has 0 saturated carbocycles. The first-order chi connectivity index (χ1) is 9.34. The largest absolute Gasteiger partial charge is 0.478 e. The van der Waals surface area contributed by atoms with Gasteiger partial charge in [0.2, 0.25) is 10.0 Å². The minimum absolute atomic E-state index is 0.00528. The van der Waals surface area contributed by atoms with Gasteiger partial charge in [0.25, 0.3) is 0 Å². The van der Waals surface area contributed by atoms with Crippen LogP contribution in [0.15, 0.2) is 23.1 Å². The average molecular weight is 300 g/mol. The third-order valence-corrected chi connectivity index (χ3v) is 4.93. The quantitative estimate of drug-likeness (QED) is 0.777. The smallest absolute Gasteiger partial charge is 0.336 e. The highest BCUT2D eigenvalue weighted by Crippen LogP contribution is 2.19. The molecule has 0 aromatic heterocycles. The van der Waals surface area contributed by atoms with Crippen LogP contribution in [0.5, 0.6) is 0 Å². The number of nitrogens with one attached hydrogen (secondary N) is 1. The number of likely N-dealkylation sites (N-methyl/N-ethyl adjacent to an activating group) is 2. The van der Waals surface area contributed by atoms with Crippen LogP contribution in [0, 0.1) is 0 Å². The summed E-state index contributed by atoms with van der Waals surface area (Å²) in [7, 11) is -0.454. The summed E-state index contributed by atoms with van der Waals surface area (Å²) in [5.41, 5.74) is 0.657. The lowest BCUT2D eigenvalue weighted by Crippen LogP contribution is -2.33. The number of carboxylic acid groups (broad SMARTS) is 1. The van der Waals surface area contributed by atoms with Crippen LogP contribution in [0.2, 0.25) is 0 Å². The van der Waals surface area contributed by atoms with Gasteiger partial charge in [0.1, 0.15) is 0 Å². The normalized spacial score (nSPS) is 11.8. The average Bonchev–Trinajstić information content (AvgIpc) is 2.43. The van der Waals surface area contributed by atoms with E-state index in [4.69, 9.17) is 5.11 Å². The summed E-state index contributed by atoms with van der Waals surface area (Å²) in [6.45, 7) is 2.67. The van der Waals surface area contributed by atoms with Gasteiger partial charge in [-0.2, -0.15) is 4.31 Å². The van der Waals surface area contributed by atoms with Gasteiger partial charge in [-0.3, -0.25) is 0 Å². The Morgan fingerprint density at radius 3 is 2.55 bits per heavy atom. The lowest BCUT2D eigenvalue weighted by Gasteiger charge is -2.17. The van der Waals surface area contributed by atoms with Crippen LogP contribution in [0.3, 0.4) is 0 Å². The molecule has 0 aliphatic rings. The molecule has 6 nitrogen and oxygen atoms in total. The number of carbonyl (C=O) groups is 1. The Morgan fingerprint density at radius 2 is 2.05 bits per heavy atom. The number of aromatic carboxylic acids is 1. The summed E-state index contributed by atoms with van der Waals surface area (Å²) in [5, 5.41) is 12.0. The summed E-state index contributed by atoms with van der Waals surface area (Å²) in [6, 6.07) is 4.24. The predicted octanol–water partition coefficient (Wildman–Crippen LogP) is 0.787. The van der Waals surface area contributed by atoms with Gasteiger partial charge in [0.05, 0.1) is 10.5 Å². The van der Waals surface area contributed by atoms with Crippen LogP contribution in [0.4, 0.5) is 0 Å². The summed E-state index contributed by atoms with van der Waals surface area (Å²) in [5.74, 6) is -1.11. The molecule has 7 heteroatoms. The number of hydrogen-bond donors (Lipinski definition) is 2. The molecule has 0 fully saturated rings. The van der Waals surface area contributed by atoms with Crippen LogP contribution < -0.4 is 5.32 Å². The van der Waals surface area contributed by atoms with Crippen molar-refractivity contribution in [2.45, 2.75) is 18.2 Å². The highest BCUT2D eigenvalue weighted by molar-refractivity contribution is 7.89. The third-order valence-electron chi connectivity index (χ3n) is 3.08. The molecule has 0 amide bonds. The van der Waals surface area contributed by atoms with Crippen molar-refractivity contribution in [2.75, 3.05) is 27.2 Å². The van der Waals surface area contributed by atoms with E-state index in [2.05, 4.69) is 5.32 Å². The molecule has 0 aliphatic carbocycles. The fraction of sp³-hybridized carbons (Fsp3) is 0.462. The summed E-state index contributed by atoms with van der Waals surface area (Å²) in [6.07, 6.45) is 0.539. The molecule has 0 unspecified atom stereocenters. The number of sulfonamides is 1. The van der Waals surface area contributed by atoms with Crippen LogP contribution in [0.1, 0.15) is 22.8 Å². The molecular weight excluding hydrogens is 280 g/mol. The maximum absolute atomic E-state index is 12.3. The molecular formula is C13H20N2O4S. The van der Waals surface area contributed by atoms with E-state index in [1.54, 1.807) is 13.1 Å². The van der Waals surface area contributed by atoms with Crippen LogP contribution in [-0.2, 0) is 16.4 Å². The van der Waals surface area contributed by atoms with Crippen molar-refractivity contribution in [1.29, 1.82) is 0 Å². The van der Waals surface area contributed by atoms with Gasteiger partial charge in [0, 0.05) is 20.1 Å². The zero-order valence-corrected chi connectivity index (χ0v) is 12.7. The van der Waals surface area contributed by atoms with Crippen molar-refractivity contribution in [2.24, 2.45) is 0 Å². The molecule has 0 aliphatic heterocycles. The van der Waals surface area contributed by atoms with Gasteiger partial charge in [-0.15, -0.1) is 0 Å². The molecule has 1 aromatic rings. The van der Waals surface area contributed by atoms with E-state index < -0.39 is 16.0 Å². The molecule has 0 heterocycles. The zero-order valence-electron chi connectivity index (χ0n) is 11.9. The second-order valence-electron chi connectivity index (χ2n) is 4.41. The molecule has 2 N–H and O–H groups in total. The number of aryl methyl sites for hydroxylation is 1. The first-order valence-corrected chi connectivity index (χ1v) is 7.75. The summed E-state index contributed by atoms with van der Waals surface area (Å²) < 4.78 is 25.8. The zero-order chi connectivity index (χ0) is 15.3. The Labute approximate surface area is 119 Å². The second kappa shape index (κ2) is 6.83. The second-order valence-corrected chi connectivity index (χ2v) is 6.45. The first kappa shape index (κ1) is 16.6. The first-order valence-electron chi connectivity index (χ1n) is 6.31. The van der Waals surface area contributed by atoms with E-state index >= 15 is 0 Å². The van der Waals surface area contributed by atoms with E-state index in [9.17, 15) is 13.2 Å². The van der Waals surface area contributed by atoms with Gasteiger partial charge in [0.15, 0.2) is 0 Å². The van der Waals surface area contributed by atoms with Crippen molar-refractivity contribution < 1.29 is 18.3 Å².